The van der Waals surface area contributed by atoms with Gasteiger partial charge < -0.3 is 29.6 Å². The van der Waals surface area contributed by atoms with Crippen molar-refractivity contribution >= 4 is 17.7 Å². The summed E-state index contributed by atoms with van der Waals surface area (Å²) in [5.41, 5.74) is 1.87. The maximum absolute atomic E-state index is 13.8. The molecule has 10 nitrogen and oxygen atoms in total. The minimum Gasteiger partial charge on any atom is -0.497 e. The Morgan fingerprint density at radius 1 is 1.05 bits per heavy atom. The molecule has 1 atom stereocenters. The van der Waals surface area contributed by atoms with Crippen molar-refractivity contribution in [1.29, 1.82) is 0 Å². The van der Waals surface area contributed by atoms with Crippen LogP contribution in [0.25, 0.3) is 0 Å². The highest BCUT2D eigenvalue weighted by atomic mass is 16.5. The molecule has 1 aromatic heterocycles. The summed E-state index contributed by atoms with van der Waals surface area (Å²) in [6.07, 6.45) is 2.10. The molecule has 2 heterocycles. The number of hydrogen-bond acceptors (Lipinski definition) is 6. The van der Waals surface area contributed by atoms with Gasteiger partial charge in [-0.25, -0.2) is 4.98 Å². The maximum atomic E-state index is 13.8. The van der Waals surface area contributed by atoms with E-state index in [1.165, 1.54) is 6.33 Å². The first-order valence-corrected chi connectivity index (χ1v) is 12.9. The molecule has 10 heteroatoms. The number of aromatic nitrogens is 2. The number of nitrogens with zero attached hydrogens (tertiary/aromatic N) is 3. The van der Waals surface area contributed by atoms with Gasteiger partial charge in [0.25, 0.3) is 11.8 Å². The van der Waals surface area contributed by atoms with E-state index in [1.54, 1.807) is 48.8 Å². The van der Waals surface area contributed by atoms with Crippen LogP contribution in [-0.4, -0.2) is 58.5 Å². The summed E-state index contributed by atoms with van der Waals surface area (Å²) in [6, 6.07) is 13.2. The van der Waals surface area contributed by atoms with Crippen molar-refractivity contribution in [2.45, 2.75) is 52.4 Å². The lowest BCUT2D eigenvalue weighted by Gasteiger charge is -2.43. The molecule has 4 rings (SSSR count). The standard InChI is InChI=1S/C29H35N5O5/c1-6-13-34-27(36)25-24(26(35)30-16-21-14-22(38-4)11-12-23(21)39-5)32-18-33(25)17-29(34,3)28(37)31-15-20-9-7-19(2)8-10-20/h7-12,14,18H,6,13,15-17H2,1-5H3,(H,30,35)(H,31,37). The second-order valence-electron chi connectivity index (χ2n) is 9.83. The molecule has 1 aliphatic heterocycles. The average molecular weight is 534 g/mol. The van der Waals surface area contributed by atoms with E-state index >= 15 is 0 Å². The maximum Gasteiger partial charge on any atom is 0.273 e. The summed E-state index contributed by atoms with van der Waals surface area (Å²) >= 11 is 0. The highest BCUT2D eigenvalue weighted by Crippen LogP contribution is 2.30. The molecule has 2 N–H and O–H groups in total. The highest BCUT2D eigenvalue weighted by Gasteiger charge is 2.48. The first-order chi connectivity index (χ1) is 18.7. The lowest BCUT2D eigenvalue weighted by atomic mass is 9.93. The fraction of sp³-hybridized carbons (Fsp3) is 0.379. The number of methoxy groups -OCH3 is 2. The van der Waals surface area contributed by atoms with Crippen molar-refractivity contribution in [3.63, 3.8) is 0 Å². The summed E-state index contributed by atoms with van der Waals surface area (Å²) in [5, 5.41) is 5.82. The number of benzene rings is 2. The van der Waals surface area contributed by atoms with Crippen molar-refractivity contribution in [3.05, 3.63) is 76.9 Å². The largest absolute Gasteiger partial charge is 0.497 e. The number of fused-ring (bicyclic) bond motifs is 1. The molecule has 3 amide bonds. The molecule has 0 spiro atoms. The fourth-order valence-corrected chi connectivity index (χ4v) is 4.79. The number of imidazole rings is 1. The van der Waals surface area contributed by atoms with E-state index in [4.69, 9.17) is 9.47 Å². The Bertz CT molecular complexity index is 1370. The second kappa shape index (κ2) is 11.6. The van der Waals surface area contributed by atoms with E-state index in [1.807, 2.05) is 38.1 Å². The number of carbonyl (C=O) groups is 3. The van der Waals surface area contributed by atoms with Gasteiger partial charge in [-0.3, -0.25) is 14.4 Å². The third kappa shape index (κ3) is 5.59. The predicted octanol–water partition coefficient (Wildman–Crippen LogP) is 3.08. The Balaban J connectivity index is 1.54. The van der Waals surface area contributed by atoms with Gasteiger partial charge in [-0.15, -0.1) is 0 Å². The third-order valence-corrected chi connectivity index (χ3v) is 7.01. The van der Waals surface area contributed by atoms with Gasteiger partial charge in [0.05, 0.1) is 27.1 Å². The van der Waals surface area contributed by atoms with E-state index in [0.29, 0.717) is 31.0 Å². The molecule has 1 aliphatic rings. The van der Waals surface area contributed by atoms with Crippen LogP contribution < -0.4 is 20.1 Å². The average Bonchev–Trinajstić information content (AvgIpc) is 3.37. The van der Waals surface area contributed by atoms with E-state index < -0.39 is 17.4 Å². The summed E-state index contributed by atoms with van der Waals surface area (Å²) in [5.74, 6) is 0.0641. The first kappa shape index (κ1) is 27.7. The number of nitrogens with one attached hydrogen (secondary N) is 2. The van der Waals surface area contributed by atoms with Crippen molar-refractivity contribution in [3.8, 4) is 11.5 Å². The molecule has 3 aromatic rings. The van der Waals surface area contributed by atoms with Crippen LogP contribution in [0, 0.1) is 6.92 Å². The van der Waals surface area contributed by atoms with E-state index in [9.17, 15) is 14.4 Å². The number of hydrogen-bond donors (Lipinski definition) is 2. The zero-order valence-electron chi connectivity index (χ0n) is 23.0. The van der Waals surface area contributed by atoms with Crippen LogP contribution in [0.1, 0.15) is 57.9 Å². The van der Waals surface area contributed by atoms with Gasteiger partial charge in [0, 0.05) is 25.2 Å². The van der Waals surface area contributed by atoms with E-state index in [-0.39, 0.29) is 30.4 Å². The Kier molecular flexibility index (Phi) is 8.23. The normalized spacial score (nSPS) is 16.4. The lowest BCUT2D eigenvalue weighted by molar-refractivity contribution is -0.133. The Hall–Kier alpha value is -4.34. The van der Waals surface area contributed by atoms with Crippen LogP contribution in [0.3, 0.4) is 0 Å². The quantitative estimate of drug-likeness (QED) is 0.414. The van der Waals surface area contributed by atoms with Crippen molar-refractivity contribution in [1.82, 2.24) is 25.1 Å². The van der Waals surface area contributed by atoms with Crippen molar-refractivity contribution < 1.29 is 23.9 Å². The Morgan fingerprint density at radius 2 is 1.79 bits per heavy atom. The van der Waals surface area contributed by atoms with E-state index in [2.05, 4.69) is 15.6 Å². The molecule has 0 fully saturated rings. The van der Waals surface area contributed by atoms with Crippen LogP contribution in [0.2, 0.25) is 0 Å². The minimum atomic E-state index is -1.15. The van der Waals surface area contributed by atoms with Crippen LogP contribution in [0.5, 0.6) is 11.5 Å². The van der Waals surface area contributed by atoms with Gasteiger partial charge in [-0.2, -0.15) is 0 Å². The molecule has 2 aromatic carbocycles. The molecule has 0 bridgehead atoms. The molecule has 0 aliphatic carbocycles. The molecule has 0 saturated heterocycles. The first-order valence-electron chi connectivity index (χ1n) is 12.9. The molecule has 0 radical (unpaired) electrons. The van der Waals surface area contributed by atoms with Crippen molar-refractivity contribution in [2.75, 3.05) is 20.8 Å². The second-order valence-corrected chi connectivity index (χ2v) is 9.83. The zero-order chi connectivity index (χ0) is 28.2. The molecule has 39 heavy (non-hydrogen) atoms. The molecule has 206 valence electrons. The fourth-order valence-electron chi connectivity index (χ4n) is 4.79. The number of ether oxygens (including phenoxy) is 2. The molecular formula is C29H35N5O5. The van der Waals surface area contributed by atoms with Gasteiger partial charge in [0.1, 0.15) is 22.7 Å². The van der Waals surface area contributed by atoms with Gasteiger partial charge in [0.15, 0.2) is 5.69 Å². The Morgan fingerprint density at radius 3 is 2.46 bits per heavy atom. The summed E-state index contributed by atoms with van der Waals surface area (Å²) in [6.45, 7) is 6.74. The predicted molar refractivity (Wildman–Crippen MR) is 146 cm³/mol. The smallest absolute Gasteiger partial charge is 0.273 e. The minimum absolute atomic E-state index is 0.0186. The highest BCUT2D eigenvalue weighted by molar-refractivity contribution is 6.07. The number of rotatable bonds is 10. The topological polar surface area (TPSA) is 115 Å². The number of aryl methyl sites for hydroxylation is 1. The molecule has 0 saturated carbocycles. The van der Waals surface area contributed by atoms with Gasteiger partial charge in [-0.05, 0) is 44.0 Å². The van der Waals surface area contributed by atoms with Gasteiger partial charge >= 0.3 is 0 Å². The van der Waals surface area contributed by atoms with E-state index in [0.717, 1.165) is 16.7 Å². The third-order valence-electron chi connectivity index (χ3n) is 7.01. The lowest BCUT2D eigenvalue weighted by Crippen LogP contribution is -2.64. The Labute approximate surface area is 228 Å². The number of carbonyl (C=O) groups excluding carboxylic acids is 3. The monoisotopic (exact) mass is 533 g/mol. The van der Waals surface area contributed by atoms with Crippen LogP contribution in [-0.2, 0) is 24.4 Å². The van der Waals surface area contributed by atoms with Gasteiger partial charge in [-0.1, -0.05) is 36.8 Å². The van der Waals surface area contributed by atoms with Crippen LogP contribution >= 0.6 is 0 Å². The zero-order valence-corrected chi connectivity index (χ0v) is 23.0. The summed E-state index contributed by atoms with van der Waals surface area (Å²) < 4.78 is 12.3. The SMILES string of the molecule is CCCN1C(=O)c2c(C(=O)NCc3cc(OC)ccc3OC)ncn2CC1(C)C(=O)NCc1ccc(C)cc1. The summed E-state index contributed by atoms with van der Waals surface area (Å²) in [7, 11) is 3.11. The molecular weight excluding hydrogens is 498 g/mol. The van der Waals surface area contributed by atoms with Gasteiger partial charge in [0.2, 0.25) is 5.91 Å². The van der Waals surface area contributed by atoms with Crippen LogP contribution in [0.4, 0.5) is 0 Å². The summed E-state index contributed by atoms with van der Waals surface area (Å²) in [4.78, 5) is 46.2. The van der Waals surface area contributed by atoms with Crippen LogP contribution in [0.15, 0.2) is 48.8 Å². The molecule has 1 unspecified atom stereocenters. The number of amides is 3. The van der Waals surface area contributed by atoms with Crippen molar-refractivity contribution in [2.24, 2.45) is 0 Å².